The van der Waals surface area contributed by atoms with Crippen molar-refractivity contribution in [3.63, 3.8) is 0 Å². The van der Waals surface area contributed by atoms with Crippen LogP contribution >= 0.6 is 0 Å². The summed E-state index contributed by atoms with van der Waals surface area (Å²) in [4.78, 5) is 34.1. The van der Waals surface area contributed by atoms with E-state index < -0.39 is 80.6 Å². The number of ketones is 1. The van der Waals surface area contributed by atoms with Crippen LogP contribution in [-0.2, 0) is 26.4 Å². The molecule has 2 aliphatic heterocycles. The van der Waals surface area contributed by atoms with Crippen molar-refractivity contribution in [1.29, 1.82) is 0 Å². The molecule has 2 aliphatic rings. The van der Waals surface area contributed by atoms with Gasteiger partial charge in [0, 0.05) is 97.7 Å². The Hall–Kier alpha value is -4.28. The van der Waals surface area contributed by atoms with Gasteiger partial charge in [-0.05, 0) is 54.4 Å². The molecule has 0 unspecified atom stereocenters. The van der Waals surface area contributed by atoms with Crippen LogP contribution in [0.5, 0.6) is 0 Å². The minimum Gasteiger partial charge on any atom is -0.465 e. The lowest BCUT2D eigenvalue weighted by atomic mass is 9.99. The molecule has 2 aromatic heterocycles. The van der Waals surface area contributed by atoms with Crippen LogP contribution in [0.4, 0.5) is 29.3 Å². The second kappa shape index (κ2) is 18.4. The summed E-state index contributed by atoms with van der Waals surface area (Å²) < 4.78 is 89.9. The first-order valence-corrected chi connectivity index (χ1v) is 29.0. The number of halogens is 3. The number of nitrogens with zero attached hydrogens (tertiary/aromatic N) is 6. The Kier molecular flexibility index (Phi) is 13.9. The van der Waals surface area contributed by atoms with E-state index in [4.69, 9.17) is 14.5 Å². The van der Waals surface area contributed by atoms with E-state index in [1.807, 2.05) is 24.3 Å². The number of hydrogen-bond acceptors (Lipinski definition) is 8. The summed E-state index contributed by atoms with van der Waals surface area (Å²) >= 11 is 0. The number of pyridine rings is 1. The molecule has 4 heterocycles. The fourth-order valence-electron chi connectivity index (χ4n) is 7.07. The summed E-state index contributed by atoms with van der Waals surface area (Å²) in [5.41, 5.74) is 0.990. The average molecular weight is 889 g/mol. The Morgan fingerprint density at radius 3 is 2.15 bits per heavy atom. The van der Waals surface area contributed by atoms with Gasteiger partial charge in [0.25, 0.3) is 0 Å². The van der Waals surface area contributed by atoms with E-state index in [0.717, 1.165) is 33.7 Å². The van der Waals surface area contributed by atoms with Gasteiger partial charge in [-0.15, -0.1) is 0 Å². The zero-order valence-electron chi connectivity index (χ0n) is 35.1. The lowest BCUT2D eigenvalue weighted by molar-refractivity contribution is 0.0896. The van der Waals surface area contributed by atoms with Crippen LogP contribution in [0.3, 0.4) is 0 Å². The summed E-state index contributed by atoms with van der Waals surface area (Å²) in [5, 5.41) is 9.62. The molecular formula is C41H55F3N6O7SSi2. The van der Waals surface area contributed by atoms with Gasteiger partial charge >= 0.3 is 16.3 Å². The molecular weight excluding hydrogens is 834 g/mol. The number of carboxylic acid groups (broad SMARTS) is 1. The Morgan fingerprint density at radius 2 is 1.55 bits per heavy atom. The molecule has 4 aromatic rings. The first-order valence-electron chi connectivity index (χ1n) is 20.2. The maximum Gasteiger partial charge on any atom is 0.407 e. The number of carbonyl (C=O) groups excluding carboxylic acids is 1. The van der Waals surface area contributed by atoms with Crippen LogP contribution in [0.15, 0.2) is 54.9 Å². The normalized spacial score (nSPS) is 16.9. The predicted octanol–water partition coefficient (Wildman–Crippen LogP) is 7.73. The lowest BCUT2D eigenvalue weighted by Crippen LogP contribution is -2.48. The molecule has 2 fully saturated rings. The topological polar surface area (TPSA) is 138 Å². The number of aromatic nitrogens is 2. The van der Waals surface area contributed by atoms with Crippen molar-refractivity contribution >= 4 is 60.6 Å². The number of ether oxygens (including phenoxy) is 2. The smallest absolute Gasteiger partial charge is 0.407 e. The van der Waals surface area contributed by atoms with E-state index in [1.54, 1.807) is 16.8 Å². The molecule has 2 aromatic carbocycles. The van der Waals surface area contributed by atoms with Gasteiger partial charge in [-0.1, -0.05) is 51.4 Å². The number of anilines is 2. The van der Waals surface area contributed by atoms with Gasteiger partial charge < -0.3 is 28.9 Å². The summed E-state index contributed by atoms with van der Waals surface area (Å²) in [5.74, 6) is -3.63. The third-order valence-corrected chi connectivity index (χ3v) is 16.0. The molecule has 1 atom stereocenters. The SMILES string of the molecule is C[Si](C)(C)CCOCN(c1ccc(F)c(C(=O)c2cn(COCC[Si](C)(C)C)c3ncc(-c4ccc(N5CCN(C(=O)O)CC5)cc4)cc23)c1F)S(=O)(=O)N1CC[C@@H](F)C1. The fraction of sp³-hybridized carbons (Fsp3) is 0.488. The largest absolute Gasteiger partial charge is 0.465 e. The van der Waals surface area contributed by atoms with Crippen LogP contribution < -0.4 is 9.21 Å². The van der Waals surface area contributed by atoms with Gasteiger partial charge in [0.05, 0.1) is 16.8 Å². The molecule has 13 nitrogen and oxygen atoms in total. The predicted molar refractivity (Wildman–Crippen MR) is 232 cm³/mol. The Morgan fingerprint density at radius 1 is 0.900 bits per heavy atom. The molecule has 0 radical (unpaired) electrons. The van der Waals surface area contributed by atoms with Gasteiger partial charge in [0.1, 0.15) is 31.1 Å². The van der Waals surface area contributed by atoms with Gasteiger partial charge in [0.15, 0.2) is 5.82 Å². The maximum absolute atomic E-state index is 16.9. The Bertz CT molecular complexity index is 2300. The van der Waals surface area contributed by atoms with E-state index in [-0.39, 0.29) is 31.9 Å². The molecule has 1 amide bonds. The van der Waals surface area contributed by atoms with Crippen molar-refractivity contribution in [2.24, 2.45) is 0 Å². The highest BCUT2D eigenvalue weighted by Crippen LogP contribution is 2.34. The van der Waals surface area contributed by atoms with E-state index in [9.17, 15) is 27.5 Å². The van der Waals surface area contributed by atoms with Crippen molar-refractivity contribution in [3.05, 3.63) is 77.6 Å². The van der Waals surface area contributed by atoms with Gasteiger partial charge in [-0.3, -0.25) is 4.79 Å². The number of rotatable bonds is 17. The molecule has 0 spiro atoms. The molecule has 0 saturated carbocycles. The van der Waals surface area contributed by atoms with E-state index >= 15 is 8.78 Å². The zero-order chi connectivity index (χ0) is 43.6. The minimum absolute atomic E-state index is 0.0155. The summed E-state index contributed by atoms with van der Waals surface area (Å²) in [7, 11) is -7.61. The van der Waals surface area contributed by atoms with Gasteiger partial charge in [-0.2, -0.15) is 12.7 Å². The van der Waals surface area contributed by atoms with Crippen molar-refractivity contribution in [2.75, 3.05) is 68.4 Å². The third-order valence-electron chi connectivity index (χ3n) is 10.8. The molecule has 19 heteroatoms. The molecule has 0 bridgehead atoms. The maximum atomic E-state index is 16.9. The third kappa shape index (κ3) is 10.6. The fourth-order valence-corrected chi connectivity index (χ4v) is 10.1. The second-order valence-corrected chi connectivity index (χ2v) is 30.9. The summed E-state index contributed by atoms with van der Waals surface area (Å²) in [6, 6.07) is 12.7. The molecule has 326 valence electrons. The number of fused-ring (bicyclic) bond motifs is 1. The highest BCUT2D eigenvalue weighted by Gasteiger charge is 2.39. The average Bonchev–Trinajstić information content (AvgIpc) is 3.80. The van der Waals surface area contributed by atoms with Crippen molar-refractivity contribution in [2.45, 2.75) is 70.7 Å². The number of alkyl halides is 1. The van der Waals surface area contributed by atoms with Crippen LogP contribution in [0.2, 0.25) is 51.4 Å². The number of hydrogen-bond donors (Lipinski definition) is 1. The van der Waals surface area contributed by atoms with E-state index in [0.29, 0.717) is 59.7 Å². The van der Waals surface area contributed by atoms with Crippen LogP contribution in [-0.4, -0.2) is 126 Å². The molecule has 1 N–H and O–H groups in total. The number of benzene rings is 2. The monoisotopic (exact) mass is 888 g/mol. The van der Waals surface area contributed by atoms with E-state index in [1.165, 1.54) is 11.1 Å². The molecule has 6 rings (SSSR count). The Balaban J connectivity index is 1.37. The Labute approximate surface area is 351 Å². The van der Waals surface area contributed by atoms with Gasteiger partial charge in [0.2, 0.25) is 5.78 Å². The summed E-state index contributed by atoms with van der Waals surface area (Å²) in [6.45, 7) is 14.3. The first kappa shape index (κ1) is 45.3. The molecule has 2 saturated heterocycles. The van der Waals surface area contributed by atoms with Crippen molar-refractivity contribution in [3.8, 4) is 11.1 Å². The van der Waals surface area contributed by atoms with E-state index in [2.05, 4.69) is 44.2 Å². The van der Waals surface area contributed by atoms with Crippen molar-refractivity contribution < 1.29 is 45.8 Å². The molecule has 0 aliphatic carbocycles. The minimum atomic E-state index is -4.57. The number of piperazine rings is 1. The summed E-state index contributed by atoms with van der Waals surface area (Å²) in [6.07, 6.45) is 0.710. The van der Waals surface area contributed by atoms with Gasteiger partial charge in [-0.25, -0.2) is 27.3 Å². The quantitative estimate of drug-likeness (QED) is 0.0489. The zero-order valence-corrected chi connectivity index (χ0v) is 37.9. The lowest BCUT2D eigenvalue weighted by Gasteiger charge is -2.34. The number of carbonyl (C=O) groups is 2. The van der Waals surface area contributed by atoms with Crippen LogP contribution in [0.25, 0.3) is 22.2 Å². The second-order valence-electron chi connectivity index (χ2n) is 17.8. The first-order chi connectivity index (χ1) is 28.2. The van der Waals surface area contributed by atoms with Crippen LogP contribution in [0, 0.1) is 11.6 Å². The standard InChI is InChI=1S/C41H55F3N6O7SSi2/c1-59(2,3)21-19-56-27-48-26-34(33-23-30(24-45-40(33)48)29-7-9-32(10-8-29)46-15-17-47(18-16-46)41(52)53)39(51)37-35(43)11-12-36(38(37)44)50(28-57-20-22-60(4,5)6)58(54,55)49-14-13-31(42)25-49/h7-12,23-24,26,31H,13-22,25,27-28H2,1-6H3,(H,52,53)/t31-/m1/s1. The highest BCUT2D eigenvalue weighted by molar-refractivity contribution is 7.90. The van der Waals surface area contributed by atoms with Crippen LogP contribution in [0.1, 0.15) is 22.3 Å². The highest BCUT2D eigenvalue weighted by atomic mass is 32.2. The van der Waals surface area contributed by atoms with Crippen molar-refractivity contribution in [1.82, 2.24) is 18.8 Å². The molecule has 60 heavy (non-hydrogen) atoms. The number of amides is 1.